The number of amides is 1. The average Bonchev–Trinajstić information content (AvgIpc) is 3.13. The fraction of sp³-hybridized carbons (Fsp3) is 0.417. The summed E-state index contributed by atoms with van der Waals surface area (Å²) in [6, 6.07) is 7.39. The van der Waals surface area contributed by atoms with E-state index in [0.717, 1.165) is 5.56 Å². The molecular formula is C24H28F3N3O4S. The Hall–Kier alpha value is -2.92. The summed E-state index contributed by atoms with van der Waals surface area (Å²) in [5.41, 5.74) is 2.55. The van der Waals surface area contributed by atoms with Crippen molar-refractivity contribution in [2.24, 2.45) is 5.73 Å². The van der Waals surface area contributed by atoms with E-state index in [9.17, 15) is 31.5 Å². The van der Waals surface area contributed by atoms with Crippen molar-refractivity contribution in [1.29, 1.82) is 0 Å². The molecule has 35 heavy (non-hydrogen) atoms. The molecule has 0 saturated heterocycles. The van der Waals surface area contributed by atoms with Crippen molar-refractivity contribution < 1.29 is 31.5 Å². The molecule has 0 aliphatic heterocycles. The van der Waals surface area contributed by atoms with E-state index in [-0.39, 0.29) is 22.0 Å². The van der Waals surface area contributed by atoms with Gasteiger partial charge in [-0.3, -0.25) is 4.79 Å². The quantitative estimate of drug-likeness (QED) is 0.422. The van der Waals surface area contributed by atoms with Crippen LogP contribution in [0.3, 0.4) is 0 Å². The fourth-order valence-corrected chi connectivity index (χ4v) is 5.16. The van der Waals surface area contributed by atoms with Crippen LogP contribution in [0.15, 0.2) is 41.6 Å². The van der Waals surface area contributed by atoms with Gasteiger partial charge in [-0.2, -0.15) is 13.2 Å². The summed E-state index contributed by atoms with van der Waals surface area (Å²) < 4.78 is 66.9. The number of hydrogen-bond donors (Lipinski definition) is 3. The smallest absolute Gasteiger partial charge is 0.380 e. The molecule has 3 rings (SSSR count). The number of nitrogens with two attached hydrogens (primary N) is 1. The standard InChI is InChI=1S/C24H28F3N3O4S/c1-5-35(33,34)20-10-15-9-16(30-19(15)12-29-20)11-23(32,24(25,26)27)13-22(3,4)18-7-6-14(2)8-17(18)21(28)31/h6-10,12,30,32H,5,11,13H2,1-4H3,(H2,28,31). The molecule has 0 aliphatic rings. The van der Waals surface area contributed by atoms with Gasteiger partial charge in [0.15, 0.2) is 20.5 Å². The van der Waals surface area contributed by atoms with Crippen LogP contribution in [0.1, 0.15) is 54.4 Å². The molecule has 190 valence electrons. The summed E-state index contributed by atoms with van der Waals surface area (Å²) in [5, 5.41) is 11.1. The highest BCUT2D eigenvalue weighted by molar-refractivity contribution is 7.91. The highest BCUT2D eigenvalue weighted by Crippen LogP contribution is 2.44. The van der Waals surface area contributed by atoms with Crippen molar-refractivity contribution in [3.8, 4) is 0 Å². The fourth-order valence-electron chi connectivity index (χ4n) is 4.34. The summed E-state index contributed by atoms with van der Waals surface area (Å²) in [7, 11) is -3.60. The van der Waals surface area contributed by atoms with E-state index >= 15 is 0 Å². The lowest BCUT2D eigenvalue weighted by Gasteiger charge is -2.38. The minimum atomic E-state index is -5.01. The Labute approximate surface area is 201 Å². The lowest BCUT2D eigenvalue weighted by Crippen LogP contribution is -2.51. The Bertz CT molecular complexity index is 1380. The van der Waals surface area contributed by atoms with Gasteiger partial charge >= 0.3 is 6.18 Å². The van der Waals surface area contributed by atoms with Crippen LogP contribution >= 0.6 is 0 Å². The maximum absolute atomic E-state index is 14.2. The van der Waals surface area contributed by atoms with Gasteiger partial charge in [0.05, 0.1) is 17.5 Å². The van der Waals surface area contributed by atoms with Crippen molar-refractivity contribution in [3.05, 3.63) is 58.9 Å². The van der Waals surface area contributed by atoms with Gasteiger partial charge in [-0.05, 0) is 42.5 Å². The summed E-state index contributed by atoms with van der Waals surface area (Å²) in [6.07, 6.45) is -5.34. The number of rotatable bonds is 8. The van der Waals surface area contributed by atoms with Crippen LogP contribution in [0, 0.1) is 6.92 Å². The Kier molecular flexibility index (Phi) is 6.82. The predicted octanol–water partition coefficient (Wildman–Crippen LogP) is 3.97. The highest BCUT2D eigenvalue weighted by atomic mass is 32.2. The summed E-state index contributed by atoms with van der Waals surface area (Å²) in [5.74, 6) is -0.939. The number of aromatic nitrogens is 2. The first-order chi connectivity index (χ1) is 16.0. The van der Waals surface area contributed by atoms with Crippen LogP contribution in [0.25, 0.3) is 10.9 Å². The first-order valence-electron chi connectivity index (χ1n) is 10.9. The SMILES string of the molecule is CCS(=O)(=O)c1cc2cc(CC(O)(CC(C)(C)c3ccc(C)cc3C(N)=O)C(F)(F)F)[nH]c2cn1. The zero-order valence-electron chi connectivity index (χ0n) is 19.8. The minimum Gasteiger partial charge on any atom is -0.380 e. The van der Waals surface area contributed by atoms with Crippen LogP contribution in [0.2, 0.25) is 0 Å². The third-order valence-corrected chi connectivity index (χ3v) is 7.77. The molecule has 0 fully saturated rings. The maximum Gasteiger partial charge on any atom is 0.417 e. The topological polar surface area (TPSA) is 126 Å². The summed E-state index contributed by atoms with van der Waals surface area (Å²) in [6.45, 7) is 6.22. The van der Waals surface area contributed by atoms with E-state index in [0.29, 0.717) is 16.5 Å². The van der Waals surface area contributed by atoms with Crippen molar-refractivity contribution in [1.82, 2.24) is 9.97 Å². The van der Waals surface area contributed by atoms with Crippen molar-refractivity contribution >= 4 is 26.6 Å². The molecular weight excluding hydrogens is 483 g/mol. The molecule has 0 radical (unpaired) electrons. The molecule has 0 saturated carbocycles. The van der Waals surface area contributed by atoms with Gasteiger partial charge in [-0.1, -0.05) is 38.5 Å². The van der Waals surface area contributed by atoms with Crippen LogP contribution in [0.4, 0.5) is 13.2 Å². The second kappa shape index (κ2) is 8.94. The van der Waals surface area contributed by atoms with Crippen LogP contribution < -0.4 is 5.73 Å². The number of carbonyl (C=O) groups excluding carboxylic acids is 1. The van der Waals surface area contributed by atoms with Crippen molar-refractivity contribution in [2.45, 2.75) is 62.8 Å². The van der Waals surface area contributed by atoms with E-state index in [4.69, 9.17) is 5.73 Å². The molecule has 1 aromatic carbocycles. The van der Waals surface area contributed by atoms with Gasteiger partial charge in [0.1, 0.15) is 0 Å². The number of aliphatic hydroxyl groups is 1. The number of nitrogens with one attached hydrogen (secondary N) is 1. The van der Waals surface area contributed by atoms with Crippen molar-refractivity contribution in [3.63, 3.8) is 0 Å². The van der Waals surface area contributed by atoms with Gasteiger partial charge in [0, 0.05) is 23.1 Å². The second-order valence-electron chi connectivity index (χ2n) is 9.49. The molecule has 2 heterocycles. The zero-order chi connectivity index (χ0) is 26.4. The average molecular weight is 512 g/mol. The Morgan fingerprint density at radius 3 is 2.40 bits per heavy atom. The van der Waals surface area contributed by atoms with Crippen LogP contribution in [-0.2, 0) is 21.7 Å². The number of sulfone groups is 1. The van der Waals surface area contributed by atoms with E-state index < -0.39 is 45.8 Å². The molecule has 0 spiro atoms. The van der Waals surface area contributed by atoms with Crippen LogP contribution in [-0.4, -0.2) is 46.9 Å². The predicted molar refractivity (Wildman–Crippen MR) is 126 cm³/mol. The molecule has 2 aromatic heterocycles. The number of alkyl halides is 3. The largest absolute Gasteiger partial charge is 0.417 e. The number of benzene rings is 1. The molecule has 1 atom stereocenters. The molecule has 3 aromatic rings. The van der Waals surface area contributed by atoms with Crippen LogP contribution in [0.5, 0.6) is 0 Å². The first-order valence-corrected chi connectivity index (χ1v) is 12.5. The maximum atomic E-state index is 14.2. The normalized spacial score (nSPS) is 14.7. The number of aryl methyl sites for hydroxylation is 1. The lowest BCUT2D eigenvalue weighted by atomic mass is 9.72. The van der Waals surface area contributed by atoms with Gasteiger partial charge in [0.25, 0.3) is 0 Å². The number of fused-ring (bicyclic) bond motifs is 1. The molecule has 0 aliphatic carbocycles. The first kappa shape index (κ1) is 26.7. The number of H-pyrrole nitrogens is 1. The Morgan fingerprint density at radius 1 is 1.17 bits per heavy atom. The lowest BCUT2D eigenvalue weighted by molar-refractivity contribution is -0.266. The second-order valence-corrected chi connectivity index (χ2v) is 11.7. The van der Waals surface area contributed by atoms with Gasteiger partial charge in [0.2, 0.25) is 5.91 Å². The third kappa shape index (κ3) is 5.35. The molecule has 7 nitrogen and oxygen atoms in total. The van der Waals surface area contributed by atoms with E-state index in [1.807, 2.05) is 0 Å². The number of primary amides is 1. The Balaban J connectivity index is 2.02. The van der Waals surface area contributed by atoms with Gasteiger partial charge < -0.3 is 15.8 Å². The minimum absolute atomic E-state index is 0.0579. The number of aromatic amines is 1. The number of halogens is 3. The number of nitrogens with zero attached hydrogens (tertiary/aromatic N) is 1. The van der Waals surface area contributed by atoms with Gasteiger partial charge in [-0.25, -0.2) is 13.4 Å². The van der Waals surface area contributed by atoms with E-state index in [1.54, 1.807) is 19.1 Å². The molecule has 1 unspecified atom stereocenters. The summed E-state index contributed by atoms with van der Waals surface area (Å²) >= 11 is 0. The molecule has 0 bridgehead atoms. The van der Waals surface area contributed by atoms with E-state index in [2.05, 4.69) is 9.97 Å². The zero-order valence-corrected chi connectivity index (χ0v) is 20.6. The summed E-state index contributed by atoms with van der Waals surface area (Å²) in [4.78, 5) is 18.7. The molecule has 1 amide bonds. The van der Waals surface area contributed by atoms with E-state index in [1.165, 1.54) is 45.2 Å². The molecule has 4 N–H and O–H groups in total. The van der Waals surface area contributed by atoms with Gasteiger partial charge in [-0.15, -0.1) is 0 Å². The number of carbonyl (C=O) groups is 1. The monoisotopic (exact) mass is 511 g/mol. The third-order valence-electron chi connectivity index (χ3n) is 6.15. The molecule has 11 heteroatoms. The number of pyridine rings is 1. The van der Waals surface area contributed by atoms with Crippen molar-refractivity contribution in [2.75, 3.05) is 5.75 Å². The number of hydrogen-bond acceptors (Lipinski definition) is 5. The highest BCUT2D eigenvalue weighted by Gasteiger charge is 2.56. The Morgan fingerprint density at radius 2 is 1.83 bits per heavy atom.